The van der Waals surface area contributed by atoms with Crippen LogP contribution in [-0.2, 0) is 19.2 Å². The highest BCUT2D eigenvalue weighted by Gasteiger charge is 2.87. The van der Waals surface area contributed by atoms with E-state index in [2.05, 4.69) is 0 Å². The Morgan fingerprint density at radius 1 is 1.48 bits per heavy atom. The van der Waals surface area contributed by atoms with Crippen LogP contribution in [0.25, 0.3) is 0 Å². The van der Waals surface area contributed by atoms with E-state index >= 15 is 0 Å². The number of carbonyl (C=O) groups is 2. The fourth-order valence-electron chi connectivity index (χ4n) is 3.21. The first-order chi connectivity index (χ1) is 10.00. The standard InChI is InChI=1S/C13H18F2N2O4/c14-13(15)9-3-2-7-20-12(9,13)11(19)16-21-8-6-17-5-1-4-10(17)18/h9H,1-8H2,(H,16,19). The van der Waals surface area contributed by atoms with Crippen molar-refractivity contribution in [3.05, 3.63) is 0 Å². The van der Waals surface area contributed by atoms with E-state index in [0.29, 0.717) is 25.9 Å². The first kappa shape index (κ1) is 14.6. The maximum absolute atomic E-state index is 13.7. The highest BCUT2D eigenvalue weighted by atomic mass is 19.3. The van der Waals surface area contributed by atoms with Crippen molar-refractivity contribution < 1.29 is 27.9 Å². The summed E-state index contributed by atoms with van der Waals surface area (Å²) in [6.07, 6.45) is 2.16. The summed E-state index contributed by atoms with van der Waals surface area (Å²) in [5, 5.41) is 0. The second-order valence-corrected chi connectivity index (χ2v) is 5.67. The van der Waals surface area contributed by atoms with E-state index in [1.54, 1.807) is 4.90 Å². The van der Waals surface area contributed by atoms with Gasteiger partial charge in [0.1, 0.15) is 0 Å². The summed E-state index contributed by atoms with van der Waals surface area (Å²) in [5.74, 6) is -5.05. The molecule has 0 bridgehead atoms. The van der Waals surface area contributed by atoms with Gasteiger partial charge in [0.05, 0.1) is 12.5 Å². The van der Waals surface area contributed by atoms with Crippen molar-refractivity contribution in [1.29, 1.82) is 0 Å². The van der Waals surface area contributed by atoms with E-state index in [9.17, 15) is 18.4 Å². The van der Waals surface area contributed by atoms with Gasteiger partial charge < -0.3 is 9.64 Å². The molecule has 0 spiro atoms. The third-order valence-corrected chi connectivity index (χ3v) is 4.44. The smallest absolute Gasteiger partial charge is 0.292 e. The van der Waals surface area contributed by atoms with Crippen LogP contribution < -0.4 is 5.48 Å². The van der Waals surface area contributed by atoms with E-state index < -0.39 is 23.3 Å². The minimum atomic E-state index is -3.12. The lowest BCUT2D eigenvalue weighted by Gasteiger charge is -2.21. The monoisotopic (exact) mass is 304 g/mol. The fourth-order valence-corrected chi connectivity index (χ4v) is 3.21. The zero-order valence-corrected chi connectivity index (χ0v) is 11.6. The third-order valence-electron chi connectivity index (χ3n) is 4.44. The van der Waals surface area contributed by atoms with Crippen molar-refractivity contribution in [3.63, 3.8) is 0 Å². The second-order valence-electron chi connectivity index (χ2n) is 5.67. The topological polar surface area (TPSA) is 67.9 Å². The number of hydrogen-bond acceptors (Lipinski definition) is 4. The number of alkyl halides is 2. The first-order valence-corrected chi connectivity index (χ1v) is 7.22. The molecule has 3 aliphatic rings. The summed E-state index contributed by atoms with van der Waals surface area (Å²) in [5.41, 5.74) is 0.000147. The molecule has 3 rings (SSSR count). The van der Waals surface area contributed by atoms with Crippen LogP contribution >= 0.6 is 0 Å². The average Bonchev–Trinajstić information content (AvgIpc) is 2.76. The van der Waals surface area contributed by atoms with Crippen molar-refractivity contribution in [1.82, 2.24) is 10.4 Å². The third kappa shape index (κ3) is 2.20. The lowest BCUT2D eigenvalue weighted by atomic mass is 10.1. The molecule has 2 aliphatic heterocycles. The Morgan fingerprint density at radius 3 is 2.95 bits per heavy atom. The zero-order chi connectivity index (χ0) is 15.1. The second kappa shape index (κ2) is 5.17. The van der Waals surface area contributed by atoms with E-state index in [4.69, 9.17) is 9.57 Å². The molecule has 0 aromatic heterocycles. The maximum atomic E-state index is 13.7. The van der Waals surface area contributed by atoms with Crippen molar-refractivity contribution >= 4 is 11.8 Å². The lowest BCUT2D eigenvalue weighted by molar-refractivity contribution is -0.159. The maximum Gasteiger partial charge on any atom is 0.292 e. The molecular weight excluding hydrogens is 286 g/mol. The Hall–Kier alpha value is -1.28. The number of rotatable bonds is 5. The highest BCUT2D eigenvalue weighted by Crippen LogP contribution is 2.65. The number of halogens is 2. The van der Waals surface area contributed by atoms with E-state index in [1.165, 1.54) is 0 Å². The Kier molecular flexibility index (Phi) is 3.61. The molecule has 8 heteroatoms. The Balaban J connectivity index is 1.45. The molecule has 2 atom stereocenters. The number of likely N-dealkylation sites (tertiary alicyclic amines) is 1. The minimum absolute atomic E-state index is 0.0490. The predicted octanol–water partition coefficient (Wildman–Crippen LogP) is 0.471. The molecule has 2 unspecified atom stereocenters. The molecule has 1 saturated carbocycles. The van der Waals surface area contributed by atoms with Crippen LogP contribution in [0.3, 0.4) is 0 Å². The van der Waals surface area contributed by atoms with Gasteiger partial charge in [-0.25, -0.2) is 14.3 Å². The van der Waals surface area contributed by atoms with Crippen LogP contribution in [0, 0.1) is 5.92 Å². The molecule has 0 aromatic rings. The van der Waals surface area contributed by atoms with Crippen LogP contribution in [-0.4, -0.2) is 54.5 Å². The van der Waals surface area contributed by atoms with Crippen LogP contribution in [0.4, 0.5) is 8.78 Å². The van der Waals surface area contributed by atoms with E-state index in [1.807, 2.05) is 5.48 Å². The molecule has 2 saturated heterocycles. The molecule has 2 amide bonds. The molecule has 1 aliphatic carbocycles. The molecule has 21 heavy (non-hydrogen) atoms. The Labute approximate surface area is 120 Å². The number of nitrogens with zero attached hydrogens (tertiary/aromatic N) is 1. The molecule has 0 radical (unpaired) electrons. The SMILES string of the molecule is O=C1CCCN1CCONC(=O)C12OCCCC1C2(F)F. The van der Waals surface area contributed by atoms with Crippen LogP contribution in [0.5, 0.6) is 0 Å². The quantitative estimate of drug-likeness (QED) is 0.592. The van der Waals surface area contributed by atoms with Crippen molar-refractivity contribution in [2.75, 3.05) is 26.3 Å². The summed E-state index contributed by atoms with van der Waals surface area (Å²) in [4.78, 5) is 29.8. The number of hydrogen-bond donors (Lipinski definition) is 1. The average molecular weight is 304 g/mol. The number of carbonyl (C=O) groups excluding carboxylic acids is 2. The Bertz CT molecular complexity index is 459. The highest BCUT2D eigenvalue weighted by molar-refractivity contribution is 5.90. The van der Waals surface area contributed by atoms with Crippen molar-refractivity contribution in [2.45, 2.75) is 37.2 Å². The molecule has 0 aromatic carbocycles. The van der Waals surface area contributed by atoms with Crippen LogP contribution in [0.15, 0.2) is 0 Å². The van der Waals surface area contributed by atoms with Crippen molar-refractivity contribution in [2.24, 2.45) is 5.92 Å². The van der Waals surface area contributed by atoms with Gasteiger partial charge in [-0.2, -0.15) is 0 Å². The normalized spacial score (nSPS) is 33.7. The summed E-state index contributed by atoms with van der Waals surface area (Å²) >= 11 is 0. The number of fused-ring (bicyclic) bond motifs is 1. The van der Waals surface area contributed by atoms with Gasteiger partial charge in [-0.3, -0.25) is 14.4 Å². The van der Waals surface area contributed by atoms with Crippen molar-refractivity contribution in [3.8, 4) is 0 Å². The summed E-state index contributed by atoms with van der Waals surface area (Å²) < 4.78 is 32.5. The first-order valence-electron chi connectivity index (χ1n) is 7.22. The van der Waals surface area contributed by atoms with Gasteiger partial charge in [-0.05, 0) is 19.3 Å². The summed E-state index contributed by atoms with van der Waals surface area (Å²) in [6, 6.07) is 0. The fraction of sp³-hybridized carbons (Fsp3) is 0.846. The van der Waals surface area contributed by atoms with Gasteiger partial charge in [0.25, 0.3) is 11.8 Å². The lowest BCUT2D eigenvalue weighted by Crippen LogP contribution is -2.45. The minimum Gasteiger partial charge on any atom is -0.359 e. The zero-order valence-electron chi connectivity index (χ0n) is 11.6. The van der Waals surface area contributed by atoms with Crippen LogP contribution in [0.1, 0.15) is 25.7 Å². The van der Waals surface area contributed by atoms with E-state index in [-0.39, 0.29) is 25.5 Å². The van der Waals surface area contributed by atoms with Crippen LogP contribution in [0.2, 0.25) is 0 Å². The molecular formula is C13H18F2N2O4. The summed E-state index contributed by atoms with van der Waals surface area (Å²) in [7, 11) is 0. The largest absolute Gasteiger partial charge is 0.359 e. The summed E-state index contributed by atoms with van der Waals surface area (Å²) in [6.45, 7) is 1.24. The van der Waals surface area contributed by atoms with Gasteiger partial charge in [-0.1, -0.05) is 0 Å². The number of amides is 2. The number of hydroxylamine groups is 1. The van der Waals surface area contributed by atoms with Gasteiger partial charge in [0, 0.05) is 26.1 Å². The number of ether oxygens (including phenoxy) is 1. The van der Waals surface area contributed by atoms with E-state index in [0.717, 1.165) is 6.42 Å². The molecule has 3 fully saturated rings. The van der Waals surface area contributed by atoms with Gasteiger partial charge >= 0.3 is 0 Å². The van der Waals surface area contributed by atoms with Gasteiger partial charge in [-0.15, -0.1) is 0 Å². The number of nitrogens with one attached hydrogen (secondary N) is 1. The molecule has 6 nitrogen and oxygen atoms in total. The van der Waals surface area contributed by atoms with Gasteiger partial charge in [0.15, 0.2) is 0 Å². The predicted molar refractivity (Wildman–Crippen MR) is 66.3 cm³/mol. The Morgan fingerprint density at radius 2 is 2.29 bits per heavy atom. The van der Waals surface area contributed by atoms with Gasteiger partial charge in [0.2, 0.25) is 11.5 Å². The molecule has 1 N–H and O–H groups in total. The molecule has 2 heterocycles. The molecule has 118 valence electrons.